The summed E-state index contributed by atoms with van der Waals surface area (Å²) in [6, 6.07) is 0.417. The van der Waals surface area contributed by atoms with Gasteiger partial charge in [-0.1, -0.05) is 20.3 Å². The molecule has 0 aliphatic carbocycles. The van der Waals surface area contributed by atoms with Crippen LogP contribution in [0.1, 0.15) is 46.0 Å². The van der Waals surface area contributed by atoms with Gasteiger partial charge in [-0.3, -0.25) is 9.69 Å². The van der Waals surface area contributed by atoms with Crippen molar-refractivity contribution >= 4 is 5.97 Å². The van der Waals surface area contributed by atoms with Gasteiger partial charge in [-0.25, -0.2) is 0 Å². The number of carbonyl (C=O) groups excluding carboxylic acids is 1. The van der Waals surface area contributed by atoms with Crippen LogP contribution in [0.25, 0.3) is 0 Å². The third-order valence-electron chi connectivity index (χ3n) is 3.37. The predicted molar refractivity (Wildman–Crippen MR) is 65.3 cm³/mol. The zero-order chi connectivity index (χ0) is 12.0. The van der Waals surface area contributed by atoms with Crippen LogP contribution in [0.5, 0.6) is 0 Å². The molecule has 1 aliphatic rings. The molecule has 0 saturated carbocycles. The van der Waals surface area contributed by atoms with E-state index in [2.05, 4.69) is 18.7 Å². The Labute approximate surface area is 99.1 Å². The lowest BCUT2D eigenvalue weighted by atomic mass is 9.98. The van der Waals surface area contributed by atoms with E-state index in [9.17, 15) is 4.79 Å². The quantitative estimate of drug-likeness (QED) is 0.676. The van der Waals surface area contributed by atoms with E-state index < -0.39 is 0 Å². The average molecular weight is 227 g/mol. The van der Waals surface area contributed by atoms with Crippen molar-refractivity contribution in [3.05, 3.63) is 0 Å². The Balaban J connectivity index is 2.40. The number of esters is 1. The molecule has 3 heteroatoms. The van der Waals surface area contributed by atoms with E-state index >= 15 is 0 Å². The maximum Gasteiger partial charge on any atom is 0.307 e. The molecule has 0 aromatic rings. The second-order valence-corrected chi connectivity index (χ2v) is 5.15. The molecule has 0 bridgehead atoms. The van der Waals surface area contributed by atoms with Crippen molar-refractivity contribution < 1.29 is 9.53 Å². The zero-order valence-corrected chi connectivity index (χ0v) is 10.9. The summed E-state index contributed by atoms with van der Waals surface area (Å²) in [5.74, 6) is 0.669. The molecule has 0 radical (unpaired) electrons. The molecule has 1 aliphatic heterocycles. The molecule has 0 amide bonds. The van der Waals surface area contributed by atoms with Gasteiger partial charge in [0.1, 0.15) is 0 Å². The summed E-state index contributed by atoms with van der Waals surface area (Å²) in [4.78, 5) is 13.8. The van der Waals surface area contributed by atoms with Crippen LogP contribution in [0, 0.1) is 5.92 Å². The van der Waals surface area contributed by atoms with Crippen LogP contribution in [0.3, 0.4) is 0 Å². The Hall–Kier alpha value is -0.570. The molecule has 16 heavy (non-hydrogen) atoms. The number of hydrogen-bond donors (Lipinski definition) is 0. The number of methoxy groups -OCH3 is 1. The van der Waals surface area contributed by atoms with Crippen molar-refractivity contribution in [2.24, 2.45) is 5.92 Å². The van der Waals surface area contributed by atoms with E-state index in [1.165, 1.54) is 26.4 Å². The SMILES string of the molecule is COC(=O)CC1CCCCN1CCC(C)C. The van der Waals surface area contributed by atoms with Crippen LogP contribution in [0.2, 0.25) is 0 Å². The van der Waals surface area contributed by atoms with Gasteiger partial charge in [0.2, 0.25) is 0 Å². The molecule has 0 N–H and O–H groups in total. The minimum absolute atomic E-state index is 0.0681. The van der Waals surface area contributed by atoms with Crippen molar-refractivity contribution in [1.29, 1.82) is 0 Å². The fourth-order valence-corrected chi connectivity index (χ4v) is 2.29. The minimum atomic E-state index is -0.0681. The lowest BCUT2D eigenvalue weighted by Crippen LogP contribution is -2.41. The van der Waals surface area contributed by atoms with E-state index in [1.54, 1.807) is 0 Å². The summed E-state index contributed by atoms with van der Waals surface area (Å²) in [6.07, 6.45) is 5.45. The number of ether oxygens (including phenoxy) is 1. The third-order valence-corrected chi connectivity index (χ3v) is 3.37. The molecular formula is C13H25NO2. The smallest absolute Gasteiger partial charge is 0.307 e. The first-order valence-corrected chi connectivity index (χ1v) is 6.44. The van der Waals surface area contributed by atoms with Crippen molar-refractivity contribution in [2.75, 3.05) is 20.2 Å². The molecular weight excluding hydrogens is 202 g/mol. The van der Waals surface area contributed by atoms with Gasteiger partial charge in [0.25, 0.3) is 0 Å². The van der Waals surface area contributed by atoms with Crippen molar-refractivity contribution in [2.45, 2.75) is 52.0 Å². The van der Waals surface area contributed by atoms with Gasteiger partial charge in [-0.15, -0.1) is 0 Å². The normalized spacial score (nSPS) is 22.4. The fourth-order valence-electron chi connectivity index (χ4n) is 2.29. The highest BCUT2D eigenvalue weighted by Crippen LogP contribution is 2.21. The van der Waals surface area contributed by atoms with Gasteiger partial charge in [0.15, 0.2) is 0 Å². The molecule has 0 spiro atoms. The first-order valence-electron chi connectivity index (χ1n) is 6.44. The fraction of sp³-hybridized carbons (Fsp3) is 0.923. The van der Waals surface area contributed by atoms with Gasteiger partial charge in [-0.05, 0) is 38.3 Å². The number of rotatable bonds is 5. The minimum Gasteiger partial charge on any atom is -0.469 e. The molecule has 94 valence electrons. The number of piperidine rings is 1. The predicted octanol–water partition coefficient (Wildman–Crippen LogP) is 2.45. The molecule has 1 fully saturated rings. The summed E-state index contributed by atoms with van der Waals surface area (Å²) in [6.45, 7) is 6.77. The number of nitrogens with zero attached hydrogens (tertiary/aromatic N) is 1. The van der Waals surface area contributed by atoms with Crippen molar-refractivity contribution in [3.8, 4) is 0 Å². The van der Waals surface area contributed by atoms with Crippen molar-refractivity contribution in [1.82, 2.24) is 4.90 Å². The Morgan fingerprint density at radius 2 is 2.19 bits per heavy atom. The Kier molecular flexibility index (Phi) is 5.81. The highest BCUT2D eigenvalue weighted by Gasteiger charge is 2.24. The summed E-state index contributed by atoms with van der Waals surface area (Å²) in [7, 11) is 1.48. The number of likely N-dealkylation sites (tertiary alicyclic amines) is 1. The summed E-state index contributed by atoms with van der Waals surface area (Å²) in [5.41, 5.74) is 0. The van der Waals surface area contributed by atoms with Crippen molar-refractivity contribution in [3.63, 3.8) is 0 Å². The summed E-state index contributed by atoms with van der Waals surface area (Å²) < 4.78 is 4.76. The first kappa shape index (κ1) is 13.5. The summed E-state index contributed by atoms with van der Waals surface area (Å²) >= 11 is 0. The van der Waals surface area contributed by atoms with Crippen LogP contribution in [0.15, 0.2) is 0 Å². The second kappa shape index (κ2) is 6.89. The van der Waals surface area contributed by atoms with E-state index in [1.807, 2.05) is 0 Å². The summed E-state index contributed by atoms with van der Waals surface area (Å²) in [5, 5.41) is 0. The highest BCUT2D eigenvalue weighted by molar-refractivity contribution is 5.69. The van der Waals surface area contributed by atoms with Gasteiger partial charge in [0.05, 0.1) is 13.5 Å². The molecule has 0 aromatic carbocycles. The second-order valence-electron chi connectivity index (χ2n) is 5.15. The van der Waals surface area contributed by atoms with Gasteiger partial charge >= 0.3 is 5.97 Å². The van der Waals surface area contributed by atoms with Gasteiger partial charge in [-0.2, -0.15) is 0 Å². The number of hydrogen-bond acceptors (Lipinski definition) is 3. The maximum atomic E-state index is 11.3. The van der Waals surface area contributed by atoms with Crippen LogP contribution < -0.4 is 0 Å². The van der Waals surface area contributed by atoms with Crippen LogP contribution >= 0.6 is 0 Å². The molecule has 1 heterocycles. The third kappa shape index (κ3) is 4.52. The largest absolute Gasteiger partial charge is 0.469 e. The molecule has 1 unspecified atom stereocenters. The first-order chi connectivity index (χ1) is 7.63. The highest BCUT2D eigenvalue weighted by atomic mass is 16.5. The maximum absolute atomic E-state index is 11.3. The molecule has 1 atom stereocenters. The Morgan fingerprint density at radius 1 is 1.44 bits per heavy atom. The lowest BCUT2D eigenvalue weighted by Gasteiger charge is -2.35. The van der Waals surface area contributed by atoms with Crippen LogP contribution in [0.4, 0.5) is 0 Å². The topological polar surface area (TPSA) is 29.5 Å². The standard InChI is InChI=1S/C13H25NO2/c1-11(2)7-9-14-8-5-4-6-12(14)10-13(15)16-3/h11-12H,4-10H2,1-3H3. The molecule has 0 aromatic heterocycles. The van der Waals surface area contributed by atoms with Gasteiger partial charge < -0.3 is 4.74 Å². The van der Waals surface area contributed by atoms with E-state index in [0.717, 1.165) is 25.4 Å². The zero-order valence-electron chi connectivity index (χ0n) is 10.9. The Bertz CT molecular complexity index is 216. The lowest BCUT2D eigenvalue weighted by molar-refractivity contribution is -0.142. The van der Waals surface area contributed by atoms with E-state index in [0.29, 0.717) is 12.5 Å². The number of carbonyl (C=O) groups is 1. The van der Waals surface area contributed by atoms with Crippen LogP contribution in [-0.2, 0) is 9.53 Å². The average Bonchev–Trinajstić information content (AvgIpc) is 2.27. The molecule has 1 rings (SSSR count). The molecule has 1 saturated heterocycles. The monoisotopic (exact) mass is 227 g/mol. The Morgan fingerprint density at radius 3 is 2.81 bits per heavy atom. The van der Waals surface area contributed by atoms with Crippen LogP contribution in [-0.4, -0.2) is 37.1 Å². The van der Waals surface area contributed by atoms with E-state index in [4.69, 9.17) is 4.74 Å². The molecule has 3 nitrogen and oxygen atoms in total. The van der Waals surface area contributed by atoms with E-state index in [-0.39, 0.29) is 5.97 Å². The van der Waals surface area contributed by atoms with Gasteiger partial charge in [0, 0.05) is 6.04 Å².